The summed E-state index contributed by atoms with van der Waals surface area (Å²) in [6.07, 6.45) is 1.99. The lowest BCUT2D eigenvalue weighted by molar-refractivity contribution is 0.698. The van der Waals surface area contributed by atoms with Crippen LogP contribution in [0.2, 0.25) is 5.02 Å². The van der Waals surface area contributed by atoms with Gasteiger partial charge in [-0.1, -0.05) is 18.5 Å². The predicted molar refractivity (Wildman–Crippen MR) is 73.8 cm³/mol. The minimum absolute atomic E-state index is 0.662. The fourth-order valence-electron chi connectivity index (χ4n) is 1.71. The van der Waals surface area contributed by atoms with Gasteiger partial charge in [-0.15, -0.1) is 0 Å². The molecule has 0 saturated heterocycles. The van der Waals surface area contributed by atoms with E-state index in [1.165, 1.54) is 0 Å². The van der Waals surface area contributed by atoms with Gasteiger partial charge in [0.25, 0.3) is 0 Å². The Balaban J connectivity index is 1.99. The standard InChI is InChI=1S/C13H17ClN4/c1-3-4-12-16-13(18(2)17-12)9-15-11-7-5-10(14)6-8-11/h5-8,15H,3-4,9H2,1-2H3. The summed E-state index contributed by atoms with van der Waals surface area (Å²) < 4.78 is 1.83. The molecular formula is C13H17ClN4. The quantitative estimate of drug-likeness (QED) is 0.903. The molecule has 2 rings (SSSR count). The van der Waals surface area contributed by atoms with Crippen LogP contribution < -0.4 is 5.32 Å². The van der Waals surface area contributed by atoms with Gasteiger partial charge in [-0.3, -0.25) is 4.68 Å². The second kappa shape index (κ2) is 5.87. The van der Waals surface area contributed by atoms with E-state index < -0.39 is 0 Å². The van der Waals surface area contributed by atoms with Gasteiger partial charge in [0.15, 0.2) is 5.82 Å². The molecule has 0 atom stereocenters. The van der Waals surface area contributed by atoms with Crippen molar-refractivity contribution in [1.29, 1.82) is 0 Å². The Kier molecular flexibility index (Phi) is 4.20. The molecule has 1 aromatic carbocycles. The highest BCUT2D eigenvalue weighted by molar-refractivity contribution is 6.30. The summed E-state index contributed by atoms with van der Waals surface area (Å²) in [5, 5.41) is 8.41. The van der Waals surface area contributed by atoms with E-state index in [0.29, 0.717) is 6.54 Å². The van der Waals surface area contributed by atoms with Crippen LogP contribution in [0.15, 0.2) is 24.3 Å². The molecule has 1 aromatic heterocycles. The van der Waals surface area contributed by atoms with Gasteiger partial charge in [0.05, 0.1) is 6.54 Å². The van der Waals surface area contributed by atoms with Crippen molar-refractivity contribution in [2.75, 3.05) is 5.32 Å². The van der Waals surface area contributed by atoms with E-state index in [2.05, 4.69) is 22.3 Å². The average molecular weight is 265 g/mol. The number of anilines is 1. The molecule has 0 spiro atoms. The first kappa shape index (κ1) is 12.9. The molecule has 96 valence electrons. The first-order valence-electron chi connectivity index (χ1n) is 6.07. The van der Waals surface area contributed by atoms with E-state index in [-0.39, 0.29) is 0 Å². The Morgan fingerprint density at radius 3 is 2.67 bits per heavy atom. The molecule has 1 heterocycles. The maximum Gasteiger partial charge on any atom is 0.151 e. The summed E-state index contributed by atoms with van der Waals surface area (Å²) in [5.74, 6) is 1.85. The number of nitrogens with zero attached hydrogens (tertiary/aromatic N) is 3. The number of aromatic nitrogens is 3. The van der Waals surface area contributed by atoms with Crippen molar-refractivity contribution in [1.82, 2.24) is 14.8 Å². The number of rotatable bonds is 5. The Hall–Kier alpha value is -1.55. The molecule has 4 nitrogen and oxygen atoms in total. The van der Waals surface area contributed by atoms with Gasteiger partial charge < -0.3 is 5.32 Å². The lowest BCUT2D eigenvalue weighted by Gasteiger charge is -2.05. The molecule has 0 bridgehead atoms. The lowest BCUT2D eigenvalue weighted by atomic mass is 10.3. The molecule has 18 heavy (non-hydrogen) atoms. The Morgan fingerprint density at radius 1 is 1.28 bits per heavy atom. The molecule has 0 amide bonds. The second-order valence-electron chi connectivity index (χ2n) is 4.18. The lowest BCUT2D eigenvalue weighted by Crippen LogP contribution is -2.06. The van der Waals surface area contributed by atoms with E-state index >= 15 is 0 Å². The molecule has 0 saturated carbocycles. The zero-order chi connectivity index (χ0) is 13.0. The molecule has 0 fully saturated rings. The third-order valence-electron chi connectivity index (χ3n) is 2.67. The maximum atomic E-state index is 5.84. The average Bonchev–Trinajstić information content (AvgIpc) is 2.70. The SMILES string of the molecule is CCCc1nc(CNc2ccc(Cl)cc2)n(C)n1. The van der Waals surface area contributed by atoms with Crippen molar-refractivity contribution in [3.8, 4) is 0 Å². The Labute approximate surface area is 112 Å². The van der Waals surface area contributed by atoms with E-state index in [0.717, 1.165) is 35.2 Å². The van der Waals surface area contributed by atoms with Gasteiger partial charge in [-0.05, 0) is 30.7 Å². The Morgan fingerprint density at radius 2 is 2.00 bits per heavy atom. The molecule has 0 aliphatic carbocycles. The summed E-state index contributed by atoms with van der Waals surface area (Å²) in [5.41, 5.74) is 1.03. The first-order valence-corrected chi connectivity index (χ1v) is 6.45. The minimum Gasteiger partial charge on any atom is -0.378 e. The normalized spacial score (nSPS) is 10.6. The fourth-order valence-corrected chi connectivity index (χ4v) is 1.83. The zero-order valence-electron chi connectivity index (χ0n) is 10.7. The summed E-state index contributed by atoms with van der Waals surface area (Å²) in [6.45, 7) is 2.79. The van der Waals surface area contributed by atoms with Crippen LogP contribution in [0.25, 0.3) is 0 Å². The fraction of sp³-hybridized carbons (Fsp3) is 0.385. The van der Waals surface area contributed by atoms with Crippen molar-refractivity contribution in [2.45, 2.75) is 26.3 Å². The van der Waals surface area contributed by atoms with Crippen molar-refractivity contribution in [3.63, 3.8) is 0 Å². The van der Waals surface area contributed by atoms with Gasteiger partial charge in [-0.2, -0.15) is 5.10 Å². The molecule has 0 aliphatic rings. The highest BCUT2D eigenvalue weighted by atomic mass is 35.5. The van der Waals surface area contributed by atoms with Crippen LogP contribution in [0.5, 0.6) is 0 Å². The van der Waals surface area contributed by atoms with Crippen LogP contribution in [-0.4, -0.2) is 14.8 Å². The van der Waals surface area contributed by atoms with Crippen LogP contribution in [0.3, 0.4) is 0 Å². The van der Waals surface area contributed by atoms with E-state index in [1.807, 2.05) is 36.0 Å². The van der Waals surface area contributed by atoms with Gasteiger partial charge in [0, 0.05) is 24.2 Å². The highest BCUT2D eigenvalue weighted by Crippen LogP contribution is 2.14. The monoisotopic (exact) mass is 264 g/mol. The second-order valence-corrected chi connectivity index (χ2v) is 4.61. The third-order valence-corrected chi connectivity index (χ3v) is 2.92. The highest BCUT2D eigenvalue weighted by Gasteiger charge is 2.05. The topological polar surface area (TPSA) is 42.7 Å². The van der Waals surface area contributed by atoms with Gasteiger partial charge in [-0.25, -0.2) is 4.98 Å². The molecule has 0 radical (unpaired) electrons. The van der Waals surface area contributed by atoms with Gasteiger partial charge >= 0.3 is 0 Å². The largest absolute Gasteiger partial charge is 0.378 e. The summed E-state index contributed by atoms with van der Waals surface area (Å²) in [7, 11) is 1.92. The van der Waals surface area contributed by atoms with E-state index in [9.17, 15) is 0 Å². The van der Waals surface area contributed by atoms with Crippen LogP contribution in [-0.2, 0) is 20.0 Å². The zero-order valence-corrected chi connectivity index (χ0v) is 11.4. The van der Waals surface area contributed by atoms with Crippen molar-refractivity contribution in [3.05, 3.63) is 40.9 Å². The Bertz CT molecular complexity index is 504. The van der Waals surface area contributed by atoms with Gasteiger partial charge in [0.2, 0.25) is 0 Å². The van der Waals surface area contributed by atoms with Crippen molar-refractivity contribution in [2.24, 2.45) is 7.05 Å². The summed E-state index contributed by atoms with van der Waals surface area (Å²) >= 11 is 5.84. The number of hydrogen-bond acceptors (Lipinski definition) is 3. The van der Waals surface area contributed by atoms with Gasteiger partial charge in [0.1, 0.15) is 5.82 Å². The number of benzene rings is 1. The summed E-state index contributed by atoms with van der Waals surface area (Å²) in [6, 6.07) is 7.63. The molecule has 0 aliphatic heterocycles. The third kappa shape index (κ3) is 3.23. The molecule has 0 unspecified atom stereocenters. The smallest absolute Gasteiger partial charge is 0.151 e. The minimum atomic E-state index is 0.662. The predicted octanol–water partition coefficient (Wildman–Crippen LogP) is 3.03. The number of aryl methyl sites for hydroxylation is 2. The molecular weight excluding hydrogens is 248 g/mol. The van der Waals surface area contributed by atoms with Crippen LogP contribution in [0, 0.1) is 0 Å². The number of hydrogen-bond donors (Lipinski definition) is 1. The number of halogens is 1. The van der Waals surface area contributed by atoms with Crippen LogP contribution in [0.1, 0.15) is 25.0 Å². The first-order chi connectivity index (χ1) is 8.69. The molecule has 1 N–H and O–H groups in total. The van der Waals surface area contributed by atoms with E-state index in [1.54, 1.807) is 0 Å². The molecule has 5 heteroatoms. The van der Waals surface area contributed by atoms with Crippen LogP contribution >= 0.6 is 11.6 Å². The maximum absolute atomic E-state index is 5.84. The molecule has 2 aromatic rings. The van der Waals surface area contributed by atoms with Crippen molar-refractivity contribution < 1.29 is 0 Å². The van der Waals surface area contributed by atoms with Crippen molar-refractivity contribution >= 4 is 17.3 Å². The summed E-state index contributed by atoms with van der Waals surface area (Å²) in [4.78, 5) is 4.50. The van der Waals surface area contributed by atoms with E-state index in [4.69, 9.17) is 11.6 Å². The van der Waals surface area contributed by atoms with Crippen LogP contribution in [0.4, 0.5) is 5.69 Å². The number of nitrogens with one attached hydrogen (secondary N) is 1.